The van der Waals surface area contributed by atoms with Gasteiger partial charge in [-0.2, -0.15) is 0 Å². The van der Waals surface area contributed by atoms with Crippen LogP contribution in [0.5, 0.6) is 5.75 Å². The number of hydrogen-bond donors (Lipinski definition) is 3. The molecule has 110 valence electrons. The summed E-state index contributed by atoms with van der Waals surface area (Å²) in [6.45, 7) is 1.99. The van der Waals surface area contributed by atoms with Crippen molar-refractivity contribution in [2.75, 3.05) is 20.7 Å². The molecule has 0 aromatic heterocycles. The second-order valence-electron chi connectivity index (χ2n) is 4.12. The maximum Gasteiger partial charge on any atom is 0.321 e. The Hall–Kier alpha value is -1.60. The maximum atomic E-state index is 11.5. The van der Waals surface area contributed by atoms with Crippen LogP contribution in [0, 0.1) is 0 Å². The van der Waals surface area contributed by atoms with Gasteiger partial charge in [-0.15, -0.1) is 0 Å². The van der Waals surface area contributed by atoms with Crippen molar-refractivity contribution in [3.8, 4) is 5.75 Å². The third-order valence-corrected chi connectivity index (χ3v) is 3.34. The first-order valence-electron chi connectivity index (χ1n) is 6.06. The molecule has 1 rings (SSSR count). The van der Waals surface area contributed by atoms with Gasteiger partial charge in [-0.3, -0.25) is 10.1 Å². The summed E-state index contributed by atoms with van der Waals surface area (Å²) in [5.74, 6) is 0.363. The van der Waals surface area contributed by atoms with E-state index in [1.165, 1.54) is 7.05 Å². The van der Waals surface area contributed by atoms with E-state index in [-0.39, 0.29) is 18.5 Å². The van der Waals surface area contributed by atoms with Gasteiger partial charge in [0.1, 0.15) is 5.75 Å². The van der Waals surface area contributed by atoms with E-state index in [9.17, 15) is 9.59 Å². The van der Waals surface area contributed by atoms with Crippen molar-refractivity contribution in [2.24, 2.45) is 0 Å². The molecule has 0 fully saturated rings. The largest absolute Gasteiger partial charge is 0.496 e. The van der Waals surface area contributed by atoms with Crippen molar-refractivity contribution < 1.29 is 14.3 Å². The molecule has 0 saturated carbocycles. The maximum absolute atomic E-state index is 11.5. The summed E-state index contributed by atoms with van der Waals surface area (Å²) >= 11 is 3.41. The summed E-state index contributed by atoms with van der Waals surface area (Å²) < 4.78 is 6.01. The standard InChI is InChI=1S/C13H18BrN3O3/c1-8(16-7-12(18)17-13(19)15-2)9-4-5-11(20-3)10(14)6-9/h4-6,8,16H,7H2,1-3H3,(H2,15,17,18,19)/t8-/m0/s1. The zero-order valence-electron chi connectivity index (χ0n) is 11.6. The van der Waals surface area contributed by atoms with E-state index in [0.29, 0.717) is 0 Å². The summed E-state index contributed by atoms with van der Waals surface area (Å²) in [6, 6.07) is 5.14. The van der Waals surface area contributed by atoms with Gasteiger partial charge in [-0.1, -0.05) is 6.07 Å². The van der Waals surface area contributed by atoms with Crippen LogP contribution in [-0.4, -0.2) is 32.6 Å². The second-order valence-corrected chi connectivity index (χ2v) is 4.98. The number of carbonyl (C=O) groups excluding carboxylic acids is 2. The molecular weight excluding hydrogens is 326 g/mol. The summed E-state index contributed by atoms with van der Waals surface area (Å²) in [4.78, 5) is 22.4. The Kier molecular flexibility index (Phi) is 6.47. The number of halogens is 1. The highest BCUT2D eigenvalue weighted by molar-refractivity contribution is 9.10. The van der Waals surface area contributed by atoms with Crippen molar-refractivity contribution in [3.05, 3.63) is 28.2 Å². The molecule has 0 aliphatic carbocycles. The lowest BCUT2D eigenvalue weighted by Crippen LogP contribution is -2.42. The predicted molar refractivity (Wildman–Crippen MR) is 79.7 cm³/mol. The fraction of sp³-hybridized carbons (Fsp3) is 0.385. The van der Waals surface area contributed by atoms with E-state index >= 15 is 0 Å². The average Bonchev–Trinajstić information content (AvgIpc) is 2.44. The second kappa shape index (κ2) is 7.86. The molecule has 0 aliphatic heterocycles. The van der Waals surface area contributed by atoms with E-state index in [1.807, 2.05) is 25.1 Å². The molecule has 0 aliphatic rings. The van der Waals surface area contributed by atoms with Crippen molar-refractivity contribution in [1.82, 2.24) is 16.0 Å². The molecule has 1 aromatic rings. The Labute approximate surface area is 126 Å². The van der Waals surface area contributed by atoms with Gasteiger partial charge in [-0.25, -0.2) is 4.79 Å². The van der Waals surface area contributed by atoms with Crippen LogP contribution in [0.1, 0.15) is 18.5 Å². The van der Waals surface area contributed by atoms with Gasteiger partial charge < -0.3 is 15.4 Å². The van der Waals surface area contributed by atoms with Gasteiger partial charge in [0.05, 0.1) is 18.1 Å². The van der Waals surface area contributed by atoms with Crippen LogP contribution in [0.25, 0.3) is 0 Å². The summed E-state index contributed by atoms with van der Waals surface area (Å²) in [7, 11) is 3.05. The zero-order chi connectivity index (χ0) is 15.1. The molecule has 0 unspecified atom stereocenters. The molecule has 0 bridgehead atoms. The molecule has 3 N–H and O–H groups in total. The fourth-order valence-corrected chi connectivity index (χ4v) is 2.11. The van der Waals surface area contributed by atoms with E-state index in [0.717, 1.165) is 15.8 Å². The highest BCUT2D eigenvalue weighted by Crippen LogP contribution is 2.27. The van der Waals surface area contributed by atoms with Crippen LogP contribution in [0.4, 0.5) is 4.79 Å². The van der Waals surface area contributed by atoms with Crippen LogP contribution in [0.15, 0.2) is 22.7 Å². The molecular formula is C13H18BrN3O3. The van der Waals surface area contributed by atoms with Crippen molar-refractivity contribution in [3.63, 3.8) is 0 Å². The number of imide groups is 1. The lowest BCUT2D eigenvalue weighted by atomic mass is 10.1. The Morgan fingerprint density at radius 3 is 2.65 bits per heavy atom. The van der Waals surface area contributed by atoms with Crippen molar-refractivity contribution in [1.29, 1.82) is 0 Å². The van der Waals surface area contributed by atoms with Gasteiger partial charge in [-0.05, 0) is 40.5 Å². The SMILES string of the molecule is CNC(=O)NC(=O)CN[C@@H](C)c1ccc(OC)c(Br)c1. The number of ether oxygens (including phenoxy) is 1. The highest BCUT2D eigenvalue weighted by Gasteiger charge is 2.11. The molecule has 0 saturated heterocycles. The van der Waals surface area contributed by atoms with Gasteiger partial charge in [0, 0.05) is 13.1 Å². The van der Waals surface area contributed by atoms with E-state index in [2.05, 4.69) is 31.9 Å². The number of benzene rings is 1. The van der Waals surface area contributed by atoms with Crippen molar-refractivity contribution in [2.45, 2.75) is 13.0 Å². The molecule has 20 heavy (non-hydrogen) atoms. The average molecular weight is 344 g/mol. The number of urea groups is 1. The van der Waals surface area contributed by atoms with E-state index < -0.39 is 6.03 Å². The summed E-state index contributed by atoms with van der Waals surface area (Å²) in [5.41, 5.74) is 1.01. The Balaban J connectivity index is 2.54. The number of amides is 3. The van der Waals surface area contributed by atoms with E-state index in [1.54, 1.807) is 7.11 Å². The molecule has 1 aromatic carbocycles. The number of methoxy groups -OCH3 is 1. The Bertz CT molecular complexity index is 494. The first-order chi connectivity index (χ1) is 9.47. The minimum Gasteiger partial charge on any atom is -0.496 e. The molecule has 0 spiro atoms. The van der Waals surface area contributed by atoms with Crippen LogP contribution in [0.3, 0.4) is 0 Å². The van der Waals surface area contributed by atoms with Crippen LogP contribution < -0.4 is 20.7 Å². The van der Waals surface area contributed by atoms with Crippen molar-refractivity contribution >= 4 is 27.9 Å². The number of nitrogens with one attached hydrogen (secondary N) is 3. The molecule has 0 radical (unpaired) electrons. The minimum absolute atomic E-state index is 0.0346. The number of rotatable bonds is 5. The zero-order valence-corrected chi connectivity index (χ0v) is 13.2. The lowest BCUT2D eigenvalue weighted by Gasteiger charge is -2.15. The topological polar surface area (TPSA) is 79.5 Å². The fourth-order valence-electron chi connectivity index (χ4n) is 1.55. The first-order valence-corrected chi connectivity index (χ1v) is 6.85. The molecule has 3 amide bonds. The Morgan fingerprint density at radius 1 is 1.40 bits per heavy atom. The van der Waals surface area contributed by atoms with E-state index in [4.69, 9.17) is 4.74 Å². The normalized spacial score (nSPS) is 11.6. The predicted octanol–water partition coefficient (Wildman–Crippen LogP) is 1.56. The van der Waals surface area contributed by atoms with Gasteiger partial charge in [0.25, 0.3) is 0 Å². The first kappa shape index (κ1) is 16.5. The van der Waals surface area contributed by atoms with Crippen LogP contribution in [0.2, 0.25) is 0 Å². The van der Waals surface area contributed by atoms with Crippen LogP contribution in [-0.2, 0) is 4.79 Å². The molecule has 6 nitrogen and oxygen atoms in total. The molecule has 1 atom stereocenters. The van der Waals surface area contributed by atoms with Crippen LogP contribution >= 0.6 is 15.9 Å². The monoisotopic (exact) mass is 343 g/mol. The quantitative estimate of drug-likeness (QED) is 0.758. The Morgan fingerprint density at radius 2 is 2.10 bits per heavy atom. The van der Waals surface area contributed by atoms with Gasteiger partial charge in [0.2, 0.25) is 5.91 Å². The highest BCUT2D eigenvalue weighted by atomic mass is 79.9. The summed E-state index contributed by atoms with van der Waals surface area (Å²) in [5, 5.41) is 7.54. The lowest BCUT2D eigenvalue weighted by molar-refractivity contribution is -0.119. The minimum atomic E-state index is -0.517. The third kappa shape index (κ3) is 4.82. The smallest absolute Gasteiger partial charge is 0.321 e. The van der Waals surface area contributed by atoms with Gasteiger partial charge in [0.15, 0.2) is 0 Å². The third-order valence-electron chi connectivity index (χ3n) is 2.72. The van der Waals surface area contributed by atoms with Gasteiger partial charge >= 0.3 is 6.03 Å². The number of hydrogen-bond acceptors (Lipinski definition) is 4. The summed E-state index contributed by atoms with van der Waals surface area (Å²) in [6.07, 6.45) is 0. The molecule has 0 heterocycles. The number of carbonyl (C=O) groups is 2. The molecule has 7 heteroatoms.